The largest absolute Gasteiger partial charge is 0.468 e. The molecule has 0 aromatic heterocycles. The van der Waals surface area contributed by atoms with Crippen LogP contribution < -0.4 is 0 Å². The van der Waals surface area contributed by atoms with Gasteiger partial charge in [-0.25, -0.2) is 0 Å². The minimum Gasteiger partial charge on any atom is -0.418 e. The molecule has 0 aliphatic rings. The topological polar surface area (TPSA) is 27.7 Å². The lowest BCUT2D eigenvalue weighted by atomic mass is 10.4. The van der Waals surface area contributed by atoms with Crippen LogP contribution in [-0.4, -0.2) is 38.1 Å². The maximum Gasteiger partial charge on any atom is 0.468 e. The molecule has 0 unspecified atom stereocenters. The molecule has 0 fully saturated rings. The van der Waals surface area contributed by atoms with E-state index < -0.39 is 38.1 Å². The molecule has 0 aromatic carbocycles. The molecule has 0 rings (SSSR count). The summed E-state index contributed by atoms with van der Waals surface area (Å²) in [5.74, 6) is 0. The highest BCUT2D eigenvalue weighted by Gasteiger charge is 2.36. The summed E-state index contributed by atoms with van der Waals surface area (Å²) in [7, 11) is -4.50. The minimum absolute atomic E-state index is 0.693. The van der Waals surface area contributed by atoms with Crippen LogP contribution in [0, 0.1) is 0 Å². The molecule has 122 valence electrons. The molecule has 0 aromatic rings. The number of hydrogen-bond donors (Lipinski definition) is 0. The van der Waals surface area contributed by atoms with Gasteiger partial charge in [-0.05, 0) is 41.5 Å². The van der Waals surface area contributed by atoms with Crippen molar-refractivity contribution in [2.45, 2.75) is 54.5 Å². The van der Waals surface area contributed by atoms with Gasteiger partial charge in [-0.2, -0.15) is 0 Å². The van der Waals surface area contributed by atoms with Gasteiger partial charge in [0.15, 0.2) is 29.3 Å². The molecule has 0 heterocycles. The van der Waals surface area contributed by atoms with Gasteiger partial charge in [-0.1, -0.05) is 40.7 Å². The lowest BCUT2D eigenvalue weighted by molar-refractivity contribution is 0.287. The summed E-state index contributed by atoms with van der Waals surface area (Å²) in [6, 6.07) is 0.879. The third-order valence-corrected chi connectivity index (χ3v) is 13.9. The van der Waals surface area contributed by atoms with Crippen molar-refractivity contribution in [2.75, 3.05) is 0 Å². The highest BCUT2D eigenvalue weighted by Crippen LogP contribution is 2.14. The Labute approximate surface area is 139 Å². The zero-order chi connectivity index (χ0) is 16.3. The molecule has 0 saturated heterocycles. The second-order valence-electron chi connectivity index (χ2n) is 5.81. The summed E-state index contributed by atoms with van der Waals surface area (Å²) in [5, 5.41) is 0. The summed E-state index contributed by atoms with van der Waals surface area (Å²) in [5.41, 5.74) is 10.7. The molecule has 0 bridgehead atoms. The summed E-state index contributed by atoms with van der Waals surface area (Å²) in [6.45, 7) is 14.8. The maximum atomic E-state index is 6.22. The first-order chi connectivity index (χ1) is 9.81. The highest BCUT2D eigenvalue weighted by molar-refractivity contribution is 6.75. The van der Waals surface area contributed by atoms with Crippen LogP contribution in [0.3, 0.4) is 0 Å². The van der Waals surface area contributed by atoms with Crippen molar-refractivity contribution in [1.82, 2.24) is 0 Å². The van der Waals surface area contributed by atoms with Gasteiger partial charge < -0.3 is 12.3 Å². The minimum atomic E-state index is -2.42. The fourth-order valence-electron chi connectivity index (χ4n) is 1.44. The highest BCUT2D eigenvalue weighted by atomic mass is 28.5. The van der Waals surface area contributed by atoms with Crippen molar-refractivity contribution in [3.8, 4) is 0 Å². The quantitative estimate of drug-likeness (QED) is 0.558. The van der Waals surface area contributed by atoms with Gasteiger partial charge >= 0.3 is 8.80 Å². The normalized spacial score (nSPS) is 15.0. The predicted octanol–water partition coefficient (Wildman–Crippen LogP) is 2.02. The van der Waals surface area contributed by atoms with Gasteiger partial charge in [0, 0.05) is 6.04 Å². The van der Waals surface area contributed by atoms with E-state index in [1.165, 1.54) is 16.7 Å². The molecule has 0 aliphatic heterocycles. The summed E-state index contributed by atoms with van der Waals surface area (Å²) in [6.07, 6.45) is 0. The monoisotopic (exact) mass is 360 g/mol. The maximum absolute atomic E-state index is 6.22. The van der Waals surface area contributed by atoms with Gasteiger partial charge in [0.25, 0.3) is 0 Å². The van der Waals surface area contributed by atoms with E-state index in [0.29, 0.717) is 0 Å². The lowest BCUT2D eigenvalue weighted by Gasteiger charge is -2.29. The first-order valence-corrected chi connectivity index (χ1v) is 13.7. The number of allylic oxidation sites excluding steroid dienone is 3. The van der Waals surface area contributed by atoms with E-state index in [-0.39, 0.29) is 0 Å². The molecule has 0 atom stereocenters. The van der Waals surface area contributed by atoms with Crippen LogP contribution in [0.4, 0.5) is 0 Å². The Morgan fingerprint density at radius 1 is 0.714 bits per heavy atom. The SMILES string of the molecule is CC[Si](O[SiH2]C=C(C)C)(O[SiH2]C=C(C)C)O[SiH2]C=C(C)C. The smallest absolute Gasteiger partial charge is 0.418 e. The molecule has 7 heteroatoms. The molecule has 0 N–H and O–H groups in total. The molecular weight excluding hydrogens is 328 g/mol. The Bertz CT molecular complexity index is 325. The first-order valence-electron chi connectivity index (χ1n) is 7.63. The van der Waals surface area contributed by atoms with Crippen molar-refractivity contribution < 1.29 is 12.3 Å². The summed E-state index contributed by atoms with van der Waals surface area (Å²) in [4.78, 5) is 0. The molecular formula is C14H32O3Si4. The number of rotatable bonds is 10. The second-order valence-corrected chi connectivity index (χ2v) is 13.6. The molecule has 0 radical (unpaired) electrons. The van der Waals surface area contributed by atoms with Crippen molar-refractivity contribution in [2.24, 2.45) is 0 Å². The zero-order valence-corrected chi connectivity index (χ0v) is 20.0. The van der Waals surface area contributed by atoms with Gasteiger partial charge in [-0.15, -0.1) is 0 Å². The van der Waals surface area contributed by atoms with E-state index >= 15 is 0 Å². The van der Waals surface area contributed by atoms with Crippen molar-refractivity contribution in [3.63, 3.8) is 0 Å². The lowest BCUT2D eigenvalue weighted by Crippen LogP contribution is -2.47. The van der Waals surface area contributed by atoms with Gasteiger partial charge in [0.1, 0.15) is 0 Å². The third-order valence-electron chi connectivity index (χ3n) is 2.82. The molecule has 0 spiro atoms. The van der Waals surface area contributed by atoms with Gasteiger partial charge in [-0.3, -0.25) is 0 Å². The van der Waals surface area contributed by atoms with Crippen LogP contribution in [-0.2, 0) is 12.3 Å². The van der Waals surface area contributed by atoms with E-state index in [0.717, 1.165) is 6.04 Å². The summed E-state index contributed by atoms with van der Waals surface area (Å²) >= 11 is 0. The van der Waals surface area contributed by atoms with E-state index in [1.807, 2.05) is 0 Å². The van der Waals surface area contributed by atoms with Crippen molar-refractivity contribution in [3.05, 3.63) is 33.8 Å². The summed E-state index contributed by atoms with van der Waals surface area (Å²) < 4.78 is 18.7. The zero-order valence-electron chi connectivity index (χ0n) is 14.8. The Kier molecular flexibility index (Phi) is 11.5. The Morgan fingerprint density at radius 2 is 1.00 bits per heavy atom. The Balaban J connectivity index is 4.77. The van der Waals surface area contributed by atoms with Crippen molar-refractivity contribution in [1.29, 1.82) is 0 Å². The average Bonchev–Trinajstić information content (AvgIpc) is 2.36. The van der Waals surface area contributed by atoms with Crippen LogP contribution in [0.25, 0.3) is 0 Å². The van der Waals surface area contributed by atoms with Crippen LogP contribution in [0.1, 0.15) is 48.5 Å². The van der Waals surface area contributed by atoms with E-state index in [9.17, 15) is 0 Å². The van der Waals surface area contributed by atoms with Crippen molar-refractivity contribution >= 4 is 38.1 Å². The molecule has 21 heavy (non-hydrogen) atoms. The van der Waals surface area contributed by atoms with Crippen LogP contribution in [0.5, 0.6) is 0 Å². The fraction of sp³-hybridized carbons (Fsp3) is 0.571. The molecule has 3 nitrogen and oxygen atoms in total. The van der Waals surface area contributed by atoms with Crippen LogP contribution in [0.15, 0.2) is 33.8 Å². The van der Waals surface area contributed by atoms with E-state index in [4.69, 9.17) is 12.3 Å². The second kappa shape index (κ2) is 11.5. The first kappa shape index (κ1) is 21.0. The van der Waals surface area contributed by atoms with Gasteiger partial charge in [0.2, 0.25) is 0 Å². The standard InChI is InChI=1S/C14H32O3Si4/c1-8-21(15-18-9-12(2)3,16-19-10-13(4)5)17-20-11-14(6)7/h9-11H,8,18-20H2,1-7H3. The third kappa shape index (κ3) is 11.2. The molecule has 0 aliphatic carbocycles. The Hall–Kier alpha value is -0.0325. The Morgan fingerprint density at radius 3 is 1.19 bits per heavy atom. The van der Waals surface area contributed by atoms with Crippen LogP contribution in [0.2, 0.25) is 6.04 Å². The molecule has 0 amide bonds. The van der Waals surface area contributed by atoms with E-state index in [1.54, 1.807) is 0 Å². The number of hydrogen-bond acceptors (Lipinski definition) is 3. The average molecular weight is 361 g/mol. The predicted molar refractivity (Wildman–Crippen MR) is 103 cm³/mol. The van der Waals surface area contributed by atoms with E-state index in [2.05, 4.69) is 65.6 Å². The van der Waals surface area contributed by atoms with Gasteiger partial charge in [0.05, 0.1) is 0 Å². The molecule has 0 saturated carbocycles. The fourth-order valence-corrected chi connectivity index (χ4v) is 12.2. The van der Waals surface area contributed by atoms with Crippen LogP contribution >= 0.6 is 0 Å².